The van der Waals surface area contributed by atoms with Gasteiger partial charge in [-0.1, -0.05) is 15.9 Å². The Morgan fingerprint density at radius 3 is 2.59 bits per heavy atom. The van der Waals surface area contributed by atoms with Gasteiger partial charge in [0, 0.05) is 4.47 Å². The summed E-state index contributed by atoms with van der Waals surface area (Å²) in [7, 11) is -0.352. The largest absolute Gasteiger partial charge is 0.468 e. The highest BCUT2D eigenvalue weighted by molar-refractivity contribution is 9.10. The van der Waals surface area contributed by atoms with Gasteiger partial charge < -0.3 is 9.26 Å². The van der Waals surface area contributed by atoms with Gasteiger partial charge in [0.05, 0.1) is 7.11 Å². The van der Waals surface area contributed by atoms with Crippen molar-refractivity contribution in [3.8, 4) is 5.75 Å². The third kappa shape index (κ3) is 5.17. The van der Waals surface area contributed by atoms with Crippen LogP contribution in [-0.2, 0) is 21.3 Å². The van der Waals surface area contributed by atoms with Crippen LogP contribution in [0.15, 0.2) is 28.7 Å². The molecule has 0 spiro atoms. The fourth-order valence-corrected chi connectivity index (χ4v) is 3.02. The van der Waals surface area contributed by atoms with Crippen LogP contribution in [0.3, 0.4) is 0 Å². The molecule has 0 aliphatic carbocycles. The predicted molar refractivity (Wildman–Crippen MR) is 75.1 cm³/mol. The number of rotatable bonds is 5. The zero-order valence-corrected chi connectivity index (χ0v) is 12.8. The van der Waals surface area contributed by atoms with Crippen molar-refractivity contribution < 1.29 is 14.1 Å². The third-order valence-electron chi connectivity index (χ3n) is 1.91. The van der Waals surface area contributed by atoms with Crippen LogP contribution in [0, 0.1) is 0 Å². The number of nitrogens with one attached hydrogen (secondary N) is 1. The standard InChI is InChI=1S/C10H13BrNO3PS/c1-7(10(13)14-2)12-16(17)15-9-5-3-8(11)4-6-9/h3-7,16H,1-2H3,(H,12,17)/t7-/m0/s1. The van der Waals surface area contributed by atoms with E-state index in [1.54, 1.807) is 6.92 Å². The number of methoxy groups -OCH3 is 1. The molecule has 1 N–H and O–H groups in total. The van der Waals surface area contributed by atoms with Crippen LogP contribution in [0.25, 0.3) is 0 Å². The van der Waals surface area contributed by atoms with Crippen LogP contribution >= 0.6 is 23.0 Å². The molecule has 0 radical (unpaired) electrons. The van der Waals surface area contributed by atoms with Gasteiger partial charge in [0.15, 0.2) is 7.07 Å². The van der Waals surface area contributed by atoms with E-state index in [1.165, 1.54) is 7.11 Å². The normalized spacial score (nSPS) is 13.8. The van der Waals surface area contributed by atoms with E-state index >= 15 is 0 Å². The molecular weight excluding hydrogens is 325 g/mol. The molecule has 4 nitrogen and oxygen atoms in total. The number of benzene rings is 1. The number of carbonyl (C=O) groups is 1. The highest BCUT2D eigenvalue weighted by Gasteiger charge is 2.13. The first-order valence-corrected chi connectivity index (χ1v) is 8.18. The van der Waals surface area contributed by atoms with Gasteiger partial charge in [-0.15, -0.1) is 0 Å². The molecule has 1 unspecified atom stereocenters. The summed E-state index contributed by atoms with van der Waals surface area (Å²) in [5.74, 6) is 0.332. The van der Waals surface area contributed by atoms with Crippen molar-refractivity contribution in [2.24, 2.45) is 0 Å². The molecule has 0 fully saturated rings. The summed E-state index contributed by atoms with van der Waals surface area (Å²) in [6.07, 6.45) is 0. The van der Waals surface area contributed by atoms with E-state index in [1.807, 2.05) is 24.3 Å². The first kappa shape index (κ1) is 14.6. The van der Waals surface area contributed by atoms with Crippen molar-refractivity contribution in [2.45, 2.75) is 13.0 Å². The number of ether oxygens (including phenoxy) is 1. The summed E-state index contributed by atoms with van der Waals surface area (Å²) in [4.78, 5) is 11.2. The van der Waals surface area contributed by atoms with E-state index in [4.69, 9.17) is 16.3 Å². The van der Waals surface area contributed by atoms with Crippen molar-refractivity contribution in [1.29, 1.82) is 0 Å². The average Bonchev–Trinajstić information content (AvgIpc) is 2.30. The molecule has 0 aromatic heterocycles. The Morgan fingerprint density at radius 2 is 2.06 bits per heavy atom. The molecule has 1 rings (SSSR count). The first-order chi connectivity index (χ1) is 8.02. The predicted octanol–water partition coefficient (Wildman–Crippen LogP) is 2.49. The maximum Gasteiger partial charge on any atom is 0.322 e. The van der Waals surface area contributed by atoms with E-state index in [9.17, 15) is 4.79 Å². The highest BCUT2D eigenvalue weighted by atomic mass is 79.9. The first-order valence-electron chi connectivity index (χ1n) is 4.84. The van der Waals surface area contributed by atoms with Crippen molar-refractivity contribution >= 4 is 40.8 Å². The number of hydrogen-bond donors (Lipinski definition) is 1. The summed E-state index contributed by atoms with van der Waals surface area (Å²) >= 11 is 8.47. The second-order valence-corrected chi connectivity index (χ2v) is 6.33. The minimum Gasteiger partial charge on any atom is -0.468 e. The van der Waals surface area contributed by atoms with Gasteiger partial charge in [0.2, 0.25) is 0 Å². The van der Waals surface area contributed by atoms with Crippen molar-refractivity contribution in [1.82, 2.24) is 5.09 Å². The molecule has 0 amide bonds. The molecule has 17 heavy (non-hydrogen) atoms. The van der Waals surface area contributed by atoms with Gasteiger partial charge in [-0.2, -0.15) is 0 Å². The SMILES string of the molecule is COC(=O)[C@H](C)N[PH](=S)Oc1ccc(Br)cc1. The molecule has 2 atom stereocenters. The fraction of sp³-hybridized carbons (Fsp3) is 0.300. The Bertz CT molecular complexity index is 413. The summed E-state index contributed by atoms with van der Waals surface area (Å²) in [5, 5.41) is 2.90. The van der Waals surface area contributed by atoms with E-state index < -0.39 is 13.1 Å². The smallest absolute Gasteiger partial charge is 0.322 e. The number of halogens is 1. The summed E-state index contributed by atoms with van der Waals surface area (Å²) in [6, 6.07) is 6.89. The maximum absolute atomic E-state index is 11.2. The Kier molecular flexibility index (Phi) is 6.12. The van der Waals surface area contributed by atoms with Crippen LogP contribution in [0.2, 0.25) is 0 Å². The molecule has 0 saturated heterocycles. The minimum absolute atomic E-state index is 0.350. The van der Waals surface area contributed by atoms with E-state index in [0.29, 0.717) is 5.75 Å². The molecular formula is C10H13BrNO3PS. The molecule has 94 valence electrons. The Labute approximate surface area is 114 Å². The molecule has 0 aliphatic rings. The summed E-state index contributed by atoms with van der Waals surface area (Å²) < 4.78 is 11.1. The zero-order valence-electron chi connectivity index (χ0n) is 9.40. The molecule has 7 heteroatoms. The quantitative estimate of drug-likeness (QED) is 0.660. The second kappa shape index (κ2) is 7.11. The zero-order chi connectivity index (χ0) is 12.8. The van der Waals surface area contributed by atoms with E-state index in [2.05, 4.69) is 25.8 Å². The van der Waals surface area contributed by atoms with E-state index in [0.717, 1.165) is 4.47 Å². The maximum atomic E-state index is 11.2. The molecule has 0 aliphatic heterocycles. The number of esters is 1. The lowest BCUT2D eigenvalue weighted by atomic mass is 10.3. The molecule has 1 aromatic rings. The Balaban J connectivity index is 2.50. The van der Waals surface area contributed by atoms with Crippen LogP contribution in [0.4, 0.5) is 0 Å². The fourth-order valence-electron chi connectivity index (χ4n) is 1.05. The Morgan fingerprint density at radius 1 is 1.47 bits per heavy atom. The van der Waals surface area contributed by atoms with Gasteiger partial charge in [-0.25, -0.2) is 5.09 Å². The van der Waals surface area contributed by atoms with Gasteiger partial charge in [-0.05, 0) is 43.0 Å². The van der Waals surface area contributed by atoms with Crippen molar-refractivity contribution in [3.63, 3.8) is 0 Å². The monoisotopic (exact) mass is 337 g/mol. The van der Waals surface area contributed by atoms with Gasteiger partial charge in [-0.3, -0.25) is 4.79 Å². The summed E-state index contributed by atoms with van der Waals surface area (Å²) in [6.45, 7) is 1.69. The summed E-state index contributed by atoms with van der Waals surface area (Å²) in [5.41, 5.74) is 0. The molecule has 0 bridgehead atoms. The van der Waals surface area contributed by atoms with Crippen LogP contribution in [0.5, 0.6) is 5.75 Å². The molecule has 0 heterocycles. The lowest BCUT2D eigenvalue weighted by Gasteiger charge is -2.14. The lowest BCUT2D eigenvalue weighted by Crippen LogP contribution is -2.30. The van der Waals surface area contributed by atoms with Crippen molar-refractivity contribution in [2.75, 3.05) is 7.11 Å². The van der Waals surface area contributed by atoms with Crippen LogP contribution in [0.1, 0.15) is 6.92 Å². The van der Waals surface area contributed by atoms with Crippen LogP contribution < -0.4 is 9.61 Å². The van der Waals surface area contributed by atoms with Crippen molar-refractivity contribution in [3.05, 3.63) is 28.7 Å². The van der Waals surface area contributed by atoms with Gasteiger partial charge in [0.1, 0.15) is 11.8 Å². The van der Waals surface area contributed by atoms with Gasteiger partial charge in [0.25, 0.3) is 0 Å². The second-order valence-electron chi connectivity index (χ2n) is 3.23. The highest BCUT2D eigenvalue weighted by Crippen LogP contribution is 2.25. The Hall–Kier alpha value is -0.420. The molecule has 1 aromatic carbocycles. The number of carbonyl (C=O) groups excluding carboxylic acids is 1. The minimum atomic E-state index is -1.69. The van der Waals surface area contributed by atoms with Crippen LogP contribution in [-0.4, -0.2) is 19.1 Å². The number of hydrogen-bond acceptors (Lipinski definition) is 4. The topological polar surface area (TPSA) is 47.6 Å². The third-order valence-corrected chi connectivity index (χ3v) is 4.14. The molecule has 0 saturated carbocycles. The lowest BCUT2D eigenvalue weighted by molar-refractivity contribution is -0.142. The average molecular weight is 338 g/mol. The van der Waals surface area contributed by atoms with Gasteiger partial charge >= 0.3 is 5.97 Å². The van der Waals surface area contributed by atoms with E-state index in [-0.39, 0.29) is 5.97 Å².